The van der Waals surface area contributed by atoms with E-state index < -0.39 is 0 Å². The first-order chi connectivity index (χ1) is 6.69. The molecule has 0 amide bonds. The molecule has 0 spiro atoms. The lowest BCUT2D eigenvalue weighted by Gasteiger charge is -2.14. The average molecular weight is 192 g/mol. The third-order valence-electron chi connectivity index (χ3n) is 2.50. The maximum atomic E-state index is 11.4. The number of carbonyl (C=O) groups is 1. The van der Waals surface area contributed by atoms with E-state index in [1.165, 1.54) is 0 Å². The van der Waals surface area contributed by atoms with Crippen LogP contribution in [0.15, 0.2) is 35.6 Å². The average Bonchev–Trinajstić information content (AvgIpc) is 2.20. The summed E-state index contributed by atoms with van der Waals surface area (Å²) in [5.41, 5.74) is 1.95. The molecule has 0 unspecified atom stereocenters. The molecule has 2 heteroatoms. The summed E-state index contributed by atoms with van der Waals surface area (Å²) in [5.74, 6) is 0.969. The van der Waals surface area contributed by atoms with Crippen molar-refractivity contribution in [3.05, 3.63) is 35.6 Å². The Labute approximate surface area is 85.0 Å². The maximum Gasteiger partial charge on any atom is 0.158 e. The van der Waals surface area contributed by atoms with Gasteiger partial charge >= 0.3 is 0 Å². The van der Waals surface area contributed by atoms with Gasteiger partial charge in [-0.1, -0.05) is 6.58 Å². The minimum atomic E-state index is 0.252. The van der Waals surface area contributed by atoms with Gasteiger partial charge in [0.25, 0.3) is 0 Å². The lowest BCUT2D eigenvalue weighted by atomic mass is 9.91. The second-order valence-corrected chi connectivity index (χ2v) is 3.38. The van der Waals surface area contributed by atoms with E-state index in [0.29, 0.717) is 12.2 Å². The molecule has 0 radical (unpaired) electrons. The lowest BCUT2D eigenvalue weighted by molar-refractivity contribution is -0.116. The van der Waals surface area contributed by atoms with Crippen LogP contribution in [0.4, 0.5) is 0 Å². The van der Waals surface area contributed by atoms with Crippen molar-refractivity contribution in [3.8, 4) is 0 Å². The first-order valence-corrected chi connectivity index (χ1v) is 4.80. The Balaban J connectivity index is 2.96. The van der Waals surface area contributed by atoms with Gasteiger partial charge in [0.1, 0.15) is 5.76 Å². The highest BCUT2D eigenvalue weighted by Gasteiger charge is 2.15. The molecular weight excluding hydrogens is 176 g/mol. The molecular formula is C12H16O2. The van der Waals surface area contributed by atoms with E-state index in [2.05, 4.69) is 6.58 Å². The molecule has 0 fully saturated rings. The Morgan fingerprint density at radius 3 is 2.79 bits per heavy atom. The standard InChI is InChI=1S/C12H16O2/c1-4-11(14-3)8-10-6-5-7-12(13)9(10)2/h4,8H,1,5-7H2,2-3H3/b11-8+. The van der Waals surface area contributed by atoms with Gasteiger partial charge in [-0.2, -0.15) is 0 Å². The normalized spacial score (nSPS) is 18.4. The minimum Gasteiger partial charge on any atom is -0.497 e. The third kappa shape index (κ3) is 2.34. The van der Waals surface area contributed by atoms with Crippen LogP contribution < -0.4 is 0 Å². The van der Waals surface area contributed by atoms with E-state index in [4.69, 9.17) is 4.74 Å². The highest BCUT2D eigenvalue weighted by Crippen LogP contribution is 2.23. The molecule has 0 saturated carbocycles. The topological polar surface area (TPSA) is 26.3 Å². The third-order valence-corrected chi connectivity index (χ3v) is 2.50. The first kappa shape index (κ1) is 10.8. The van der Waals surface area contributed by atoms with Gasteiger partial charge < -0.3 is 4.74 Å². The van der Waals surface area contributed by atoms with Crippen molar-refractivity contribution in [2.45, 2.75) is 26.2 Å². The first-order valence-electron chi connectivity index (χ1n) is 4.80. The number of hydrogen-bond donors (Lipinski definition) is 0. The molecule has 14 heavy (non-hydrogen) atoms. The molecule has 0 atom stereocenters. The van der Waals surface area contributed by atoms with E-state index in [9.17, 15) is 4.79 Å². The molecule has 0 heterocycles. The van der Waals surface area contributed by atoms with Gasteiger partial charge in [-0.3, -0.25) is 4.79 Å². The van der Waals surface area contributed by atoms with Crippen LogP contribution in [-0.2, 0) is 9.53 Å². The highest BCUT2D eigenvalue weighted by molar-refractivity contribution is 5.96. The van der Waals surface area contributed by atoms with E-state index >= 15 is 0 Å². The predicted octanol–water partition coefficient (Wildman–Crippen LogP) is 2.77. The number of rotatable bonds is 3. The van der Waals surface area contributed by atoms with Gasteiger partial charge in [-0.15, -0.1) is 0 Å². The van der Waals surface area contributed by atoms with E-state index in [-0.39, 0.29) is 5.78 Å². The minimum absolute atomic E-state index is 0.252. The molecule has 76 valence electrons. The molecule has 1 aliphatic rings. The fraction of sp³-hybridized carbons (Fsp3) is 0.417. The summed E-state index contributed by atoms with van der Waals surface area (Å²) in [5, 5.41) is 0. The van der Waals surface area contributed by atoms with Crippen LogP contribution in [0.3, 0.4) is 0 Å². The Kier molecular flexibility index (Phi) is 3.69. The van der Waals surface area contributed by atoms with Crippen molar-refractivity contribution in [3.63, 3.8) is 0 Å². The predicted molar refractivity (Wildman–Crippen MR) is 56.8 cm³/mol. The zero-order valence-electron chi connectivity index (χ0n) is 8.80. The van der Waals surface area contributed by atoms with Gasteiger partial charge in [0.15, 0.2) is 5.78 Å². The Hall–Kier alpha value is -1.31. The quantitative estimate of drug-likeness (QED) is 0.507. The van der Waals surface area contributed by atoms with Crippen molar-refractivity contribution in [2.24, 2.45) is 0 Å². The smallest absolute Gasteiger partial charge is 0.158 e. The number of hydrogen-bond acceptors (Lipinski definition) is 2. The molecule has 0 N–H and O–H groups in total. The fourth-order valence-electron chi connectivity index (χ4n) is 1.55. The van der Waals surface area contributed by atoms with Gasteiger partial charge in [0.05, 0.1) is 7.11 Å². The van der Waals surface area contributed by atoms with Crippen molar-refractivity contribution < 1.29 is 9.53 Å². The molecule has 1 aliphatic carbocycles. The molecule has 0 saturated heterocycles. The van der Waals surface area contributed by atoms with Crippen molar-refractivity contribution in [1.29, 1.82) is 0 Å². The van der Waals surface area contributed by atoms with Crippen molar-refractivity contribution in [1.82, 2.24) is 0 Å². The summed E-state index contributed by atoms with van der Waals surface area (Å²) in [6, 6.07) is 0. The van der Waals surface area contributed by atoms with Gasteiger partial charge in [-0.25, -0.2) is 0 Å². The fourth-order valence-corrected chi connectivity index (χ4v) is 1.55. The van der Waals surface area contributed by atoms with Crippen LogP contribution in [0, 0.1) is 0 Å². The van der Waals surface area contributed by atoms with Crippen LogP contribution in [0.25, 0.3) is 0 Å². The number of ether oxygens (including phenoxy) is 1. The van der Waals surface area contributed by atoms with E-state index in [1.54, 1.807) is 13.2 Å². The molecule has 1 rings (SSSR count). The monoisotopic (exact) mass is 192 g/mol. The molecule has 0 aliphatic heterocycles. The summed E-state index contributed by atoms with van der Waals surface area (Å²) in [7, 11) is 1.61. The van der Waals surface area contributed by atoms with Gasteiger partial charge in [-0.05, 0) is 43.1 Å². The van der Waals surface area contributed by atoms with Crippen LogP contribution in [0.1, 0.15) is 26.2 Å². The van der Waals surface area contributed by atoms with Crippen molar-refractivity contribution >= 4 is 5.78 Å². The summed E-state index contributed by atoms with van der Waals surface area (Å²) in [6.07, 6.45) is 6.13. The largest absolute Gasteiger partial charge is 0.497 e. The zero-order chi connectivity index (χ0) is 10.6. The van der Waals surface area contributed by atoms with Crippen LogP contribution in [0.2, 0.25) is 0 Å². The maximum absolute atomic E-state index is 11.4. The number of methoxy groups -OCH3 is 1. The number of carbonyl (C=O) groups excluding carboxylic acids is 1. The van der Waals surface area contributed by atoms with E-state index in [1.807, 2.05) is 13.0 Å². The number of Topliss-reactive ketones (excluding diaryl/α,β-unsaturated/α-hetero) is 1. The SMILES string of the molecule is C=C/C(=C\C1=C(C)C(=O)CCC1)OC. The Morgan fingerprint density at radius 1 is 1.50 bits per heavy atom. The Bertz CT molecular complexity index is 308. The second-order valence-electron chi connectivity index (χ2n) is 3.38. The summed E-state index contributed by atoms with van der Waals surface area (Å²) < 4.78 is 5.08. The molecule has 0 aromatic carbocycles. The number of allylic oxidation sites excluding steroid dienone is 4. The van der Waals surface area contributed by atoms with Crippen LogP contribution in [0.5, 0.6) is 0 Å². The summed E-state index contributed by atoms with van der Waals surface area (Å²) in [4.78, 5) is 11.4. The molecule has 0 bridgehead atoms. The number of ketones is 1. The second kappa shape index (κ2) is 4.80. The highest BCUT2D eigenvalue weighted by atomic mass is 16.5. The van der Waals surface area contributed by atoms with Gasteiger partial charge in [0, 0.05) is 6.42 Å². The van der Waals surface area contributed by atoms with Gasteiger partial charge in [0.2, 0.25) is 0 Å². The summed E-state index contributed by atoms with van der Waals surface area (Å²) >= 11 is 0. The lowest BCUT2D eigenvalue weighted by Crippen LogP contribution is -2.08. The van der Waals surface area contributed by atoms with Crippen LogP contribution >= 0.6 is 0 Å². The zero-order valence-corrected chi connectivity index (χ0v) is 8.80. The summed E-state index contributed by atoms with van der Waals surface area (Å²) in [6.45, 7) is 5.52. The Morgan fingerprint density at radius 2 is 2.21 bits per heavy atom. The van der Waals surface area contributed by atoms with Crippen molar-refractivity contribution in [2.75, 3.05) is 7.11 Å². The molecule has 0 aromatic heterocycles. The van der Waals surface area contributed by atoms with Crippen LogP contribution in [-0.4, -0.2) is 12.9 Å². The van der Waals surface area contributed by atoms with E-state index in [0.717, 1.165) is 24.0 Å². The molecule has 2 nitrogen and oxygen atoms in total. The molecule has 0 aromatic rings.